The van der Waals surface area contributed by atoms with E-state index < -0.39 is 0 Å². The Hall–Kier alpha value is -1.25. The van der Waals surface area contributed by atoms with Crippen LogP contribution < -0.4 is 5.48 Å². The molecule has 15 heavy (non-hydrogen) atoms. The van der Waals surface area contributed by atoms with E-state index >= 15 is 0 Å². The van der Waals surface area contributed by atoms with Gasteiger partial charge < -0.3 is 4.84 Å². The van der Waals surface area contributed by atoms with E-state index in [1.165, 1.54) is 18.9 Å². The van der Waals surface area contributed by atoms with Gasteiger partial charge in [-0.25, -0.2) is 5.48 Å². The molecule has 1 rings (SSSR count). The second kappa shape index (κ2) is 5.59. The molecule has 84 valence electrons. The maximum atomic E-state index is 10.7. The van der Waals surface area contributed by atoms with E-state index in [4.69, 9.17) is 4.84 Å². The fourth-order valence-electron chi connectivity index (χ4n) is 1.61. The number of hydrogen-bond acceptors (Lipinski definition) is 3. The molecule has 0 saturated heterocycles. The number of rotatable bonds is 3. The van der Waals surface area contributed by atoms with Crippen LogP contribution in [0, 0.1) is 5.92 Å². The number of carbonyl (C=O) groups excluding carboxylic acids is 1. The van der Waals surface area contributed by atoms with Crippen LogP contribution in [0.15, 0.2) is 23.4 Å². The third kappa shape index (κ3) is 4.19. The minimum atomic E-state index is -0.314. The second-order valence-electron chi connectivity index (χ2n) is 4.14. The van der Waals surface area contributed by atoms with Gasteiger partial charge in [0.05, 0.1) is 5.70 Å². The molecule has 0 radical (unpaired) electrons. The Labute approximate surface area is 91.1 Å². The first kappa shape index (κ1) is 11.8. The first-order valence-corrected chi connectivity index (χ1v) is 5.44. The highest BCUT2D eigenvalue weighted by molar-refractivity contribution is 5.65. The van der Waals surface area contributed by atoms with Crippen LogP contribution in [0.1, 0.15) is 40.0 Å². The van der Waals surface area contributed by atoms with Gasteiger partial charge in [-0.2, -0.15) is 0 Å². The van der Waals surface area contributed by atoms with Gasteiger partial charge in [-0.05, 0) is 30.8 Å². The zero-order valence-electron chi connectivity index (χ0n) is 9.67. The van der Waals surface area contributed by atoms with Gasteiger partial charge in [-0.1, -0.05) is 26.0 Å². The van der Waals surface area contributed by atoms with Crippen molar-refractivity contribution in [2.75, 3.05) is 0 Å². The van der Waals surface area contributed by atoms with Crippen molar-refractivity contribution in [3.8, 4) is 0 Å². The van der Waals surface area contributed by atoms with Crippen LogP contribution in [-0.2, 0) is 9.63 Å². The fraction of sp³-hybridized carbons (Fsp3) is 0.583. The molecule has 1 aliphatic rings. The highest BCUT2D eigenvalue weighted by Gasteiger charge is 2.11. The maximum Gasteiger partial charge on any atom is 0.329 e. The molecule has 1 aliphatic carbocycles. The molecule has 0 aromatic heterocycles. The second-order valence-corrected chi connectivity index (χ2v) is 4.14. The van der Waals surface area contributed by atoms with E-state index in [1.807, 2.05) is 0 Å². The lowest BCUT2D eigenvalue weighted by Gasteiger charge is -2.18. The van der Waals surface area contributed by atoms with Crippen LogP contribution in [0.25, 0.3) is 0 Å². The van der Waals surface area contributed by atoms with Gasteiger partial charge in [-0.3, -0.25) is 4.79 Å². The molecule has 0 spiro atoms. The Morgan fingerprint density at radius 1 is 1.60 bits per heavy atom. The normalized spacial score (nSPS) is 18.9. The van der Waals surface area contributed by atoms with Crippen molar-refractivity contribution >= 4 is 5.97 Å². The summed E-state index contributed by atoms with van der Waals surface area (Å²) in [5.74, 6) is 0.200. The Balaban J connectivity index is 2.65. The highest BCUT2D eigenvalue weighted by Crippen LogP contribution is 2.23. The fourth-order valence-corrected chi connectivity index (χ4v) is 1.61. The summed E-state index contributed by atoms with van der Waals surface area (Å²) in [5, 5.41) is 0. The molecule has 0 aliphatic heterocycles. The molecular formula is C12H19NO2. The predicted molar refractivity (Wildman–Crippen MR) is 59.8 cm³/mol. The van der Waals surface area contributed by atoms with Crippen molar-refractivity contribution in [2.45, 2.75) is 40.0 Å². The van der Waals surface area contributed by atoms with Crippen LogP contribution in [-0.4, -0.2) is 5.97 Å². The highest BCUT2D eigenvalue weighted by atomic mass is 16.7. The maximum absolute atomic E-state index is 10.7. The van der Waals surface area contributed by atoms with Gasteiger partial charge in [0.1, 0.15) is 0 Å². The van der Waals surface area contributed by atoms with Crippen LogP contribution in [0.4, 0.5) is 0 Å². The Morgan fingerprint density at radius 3 is 2.93 bits per heavy atom. The summed E-state index contributed by atoms with van der Waals surface area (Å²) in [6.07, 6.45) is 7.56. The molecule has 0 saturated carbocycles. The summed E-state index contributed by atoms with van der Waals surface area (Å²) < 4.78 is 0. The lowest BCUT2D eigenvalue weighted by Crippen LogP contribution is -2.20. The zero-order chi connectivity index (χ0) is 11.3. The minimum Gasteiger partial charge on any atom is -0.344 e. The smallest absolute Gasteiger partial charge is 0.329 e. The Bertz CT molecular complexity index is 290. The van der Waals surface area contributed by atoms with Crippen LogP contribution in [0.3, 0.4) is 0 Å². The van der Waals surface area contributed by atoms with Crippen molar-refractivity contribution in [2.24, 2.45) is 5.92 Å². The summed E-state index contributed by atoms with van der Waals surface area (Å²) >= 11 is 0. The van der Waals surface area contributed by atoms with E-state index in [0.29, 0.717) is 5.92 Å². The Kier molecular flexibility index (Phi) is 4.40. The van der Waals surface area contributed by atoms with Crippen molar-refractivity contribution in [3.63, 3.8) is 0 Å². The SMILES string of the molecule is CC(=O)ONC1=CCCCC1=CC(C)C. The molecule has 0 unspecified atom stereocenters. The summed E-state index contributed by atoms with van der Waals surface area (Å²) in [6.45, 7) is 5.68. The summed E-state index contributed by atoms with van der Waals surface area (Å²) in [4.78, 5) is 15.5. The molecule has 3 nitrogen and oxygen atoms in total. The number of hydrogen-bond donors (Lipinski definition) is 1. The third-order valence-corrected chi connectivity index (χ3v) is 2.18. The van der Waals surface area contributed by atoms with E-state index in [9.17, 15) is 4.79 Å². The van der Waals surface area contributed by atoms with Crippen molar-refractivity contribution < 1.29 is 9.63 Å². The molecule has 0 atom stereocenters. The molecule has 3 heteroatoms. The van der Waals surface area contributed by atoms with Gasteiger partial charge >= 0.3 is 5.97 Å². The molecule has 0 aromatic carbocycles. The summed E-state index contributed by atoms with van der Waals surface area (Å²) in [6, 6.07) is 0. The average Bonchev–Trinajstić information content (AvgIpc) is 2.15. The molecule has 0 amide bonds. The molecular weight excluding hydrogens is 190 g/mol. The molecule has 0 bridgehead atoms. The number of nitrogens with one attached hydrogen (secondary N) is 1. The average molecular weight is 209 g/mol. The van der Waals surface area contributed by atoms with E-state index in [2.05, 4.69) is 31.5 Å². The standard InChI is InChI=1S/C12H19NO2/c1-9(2)8-11-6-4-5-7-12(11)13-15-10(3)14/h7-9,13H,4-6H2,1-3H3. The van der Waals surface area contributed by atoms with E-state index in [0.717, 1.165) is 18.5 Å². The number of carbonyl (C=O) groups is 1. The number of allylic oxidation sites excluding steroid dienone is 3. The largest absolute Gasteiger partial charge is 0.344 e. The zero-order valence-corrected chi connectivity index (χ0v) is 9.67. The summed E-state index contributed by atoms with van der Waals surface area (Å²) in [5.41, 5.74) is 4.92. The first-order chi connectivity index (χ1) is 7.09. The van der Waals surface area contributed by atoms with Crippen LogP contribution >= 0.6 is 0 Å². The quantitative estimate of drug-likeness (QED) is 0.726. The van der Waals surface area contributed by atoms with Gasteiger partial charge in [0.15, 0.2) is 0 Å². The lowest BCUT2D eigenvalue weighted by molar-refractivity contribution is -0.146. The van der Waals surface area contributed by atoms with E-state index in [1.54, 1.807) is 0 Å². The Morgan fingerprint density at radius 2 is 2.33 bits per heavy atom. The van der Waals surface area contributed by atoms with Crippen molar-refractivity contribution in [3.05, 3.63) is 23.4 Å². The van der Waals surface area contributed by atoms with Gasteiger partial charge in [0.25, 0.3) is 0 Å². The predicted octanol–water partition coefficient (Wildman–Crippen LogP) is 2.70. The third-order valence-electron chi connectivity index (χ3n) is 2.18. The topological polar surface area (TPSA) is 38.3 Å². The first-order valence-electron chi connectivity index (χ1n) is 5.44. The van der Waals surface area contributed by atoms with Crippen molar-refractivity contribution in [1.29, 1.82) is 0 Å². The number of hydroxylamine groups is 1. The minimum absolute atomic E-state index is 0.314. The molecule has 1 N–H and O–H groups in total. The molecule has 0 fully saturated rings. The van der Waals surface area contributed by atoms with Gasteiger partial charge in [0.2, 0.25) is 0 Å². The van der Waals surface area contributed by atoms with E-state index in [-0.39, 0.29) is 5.97 Å². The monoisotopic (exact) mass is 209 g/mol. The van der Waals surface area contributed by atoms with Gasteiger partial charge in [-0.15, -0.1) is 0 Å². The molecule has 0 heterocycles. The summed E-state index contributed by atoms with van der Waals surface area (Å²) in [7, 11) is 0. The van der Waals surface area contributed by atoms with Crippen molar-refractivity contribution in [1.82, 2.24) is 5.48 Å². The van der Waals surface area contributed by atoms with Crippen LogP contribution in [0.5, 0.6) is 0 Å². The molecule has 0 aromatic rings. The van der Waals surface area contributed by atoms with Crippen LogP contribution in [0.2, 0.25) is 0 Å². The van der Waals surface area contributed by atoms with Gasteiger partial charge in [0, 0.05) is 6.92 Å². The lowest BCUT2D eigenvalue weighted by atomic mass is 9.96.